The van der Waals surface area contributed by atoms with Crippen molar-refractivity contribution in [2.45, 2.75) is 12.8 Å². The molecule has 0 unspecified atom stereocenters. The molecule has 2 aromatic rings. The molecule has 0 aromatic heterocycles. The maximum Gasteiger partial charge on any atom is 0.274 e. The van der Waals surface area contributed by atoms with E-state index in [0.717, 1.165) is 13.0 Å². The Hall–Kier alpha value is -2.54. The summed E-state index contributed by atoms with van der Waals surface area (Å²) in [4.78, 5) is 11.1. The van der Waals surface area contributed by atoms with Gasteiger partial charge < -0.3 is 4.74 Å². The van der Waals surface area contributed by atoms with Crippen LogP contribution in [0.1, 0.15) is 22.8 Å². The molecule has 0 fully saturated rings. The second-order valence-electron chi connectivity index (χ2n) is 4.60. The topological polar surface area (TPSA) is 58.6 Å². The molecule has 0 bridgehead atoms. The molecule has 0 radical (unpaired) electrons. The SMILES string of the molecule is CC(F)(F)c1ccc(Oc2ccc(C(=O)NO)cc2F)cc1. The molecule has 7 heteroatoms. The van der Waals surface area contributed by atoms with Crippen molar-refractivity contribution in [3.63, 3.8) is 0 Å². The van der Waals surface area contributed by atoms with Gasteiger partial charge in [0.05, 0.1) is 0 Å². The predicted octanol–water partition coefficient (Wildman–Crippen LogP) is 3.85. The van der Waals surface area contributed by atoms with Gasteiger partial charge in [0.15, 0.2) is 11.6 Å². The minimum Gasteiger partial charge on any atom is -0.454 e. The first-order chi connectivity index (χ1) is 10.3. The Morgan fingerprint density at radius 1 is 1.18 bits per heavy atom. The number of carbonyl (C=O) groups excluding carboxylic acids is 1. The van der Waals surface area contributed by atoms with Crippen molar-refractivity contribution in [3.05, 3.63) is 59.4 Å². The van der Waals surface area contributed by atoms with E-state index >= 15 is 0 Å². The first-order valence-electron chi connectivity index (χ1n) is 6.21. The number of carbonyl (C=O) groups is 1. The van der Waals surface area contributed by atoms with E-state index in [-0.39, 0.29) is 22.6 Å². The third-order valence-electron chi connectivity index (χ3n) is 2.88. The molecule has 0 saturated heterocycles. The number of hydrogen-bond acceptors (Lipinski definition) is 3. The number of ether oxygens (including phenoxy) is 1. The summed E-state index contributed by atoms with van der Waals surface area (Å²) in [5, 5.41) is 8.46. The van der Waals surface area contributed by atoms with Crippen LogP contribution < -0.4 is 10.2 Å². The zero-order valence-corrected chi connectivity index (χ0v) is 11.4. The second kappa shape index (κ2) is 6.07. The molecule has 0 heterocycles. The molecule has 0 saturated carbocycles. The number of hydrogen-bond donors (Lipinski definition) is 2. The van der Waals surface area contributed by atoms with Crippen molar-refractivity contribution in [2.24, 2.45) is 0 Å². The van der Waals surface area contributed by atoms with Crippen molar-refractivity contribution >= 4 is 5.91 Å². The van der Waals surface area contributed by atoms with Crippen molar-refractivity contribution in [3.8, 4) is 11.5 Å². The highest BCUT2D eigenvalue weighted by Gasteiger charge is 2.23. The molecule has 2 aromatic carbocycles. The normalized spacial score (nSPS) is 11.1. The monoisotopic (exact) mass is 311 g/mol. The van der Waals surface area contributed by atoms with Gasteiger partial charge in [-0.05, 0) is 42.5 Å². The van der Waals surface area contributed by atoms with Crippen LogP contribution in [0.2, 0.25) is 0 Å². The van der Waals surface area contributed by atoms with Gasteiger partial charge in [-0.3, -0.25) is 10.0 Å². The average molecular weight is 311 g/mol. The molecule has 1 amide bonds. The molecule has 0 aliphatic heterocycles. The van der Waals surface area contributed by atoms with E-state index in [9.17, 15) is 18.0 Å². The number of alkyl halides is 2. The molecule has 22 heavy (non-hydrogen) atoms. The van der Waals surface area contributed by atoms with Crippen LogP contribution in [0.5, 0.6) is 11.5 Å². The molecule has 0 aliphatic rings. The standard InChI is InChI=1S/C15H12F3NO3/c1-15(17,18)10-3-5-11(6-4-10)22-13-7-2-9(8-12(13)16)14(20)19-21/h2-8,21H,1H3,(H,19,20). The molecule has 0 spiro atoms. The molecule has 116 valence electrons. The largest absolute Gasteiger partial charge is 0.454 e. The Labute approximate surface area is 124 Å². The summed E-state index contributed by atoms with van der Waals surface area (Å²) in [6, 6.07) is 8.28. The van der Waals surface area contributed by atoms with Gasteiger partial charge in [0.1, 0.15) is 5.75 Å². The van der Waals surface area contributed by atoms with Crippen molar-refractivity contribution in [2.75, 3.05) is 0 Å². The van der Waals surface area contributed by atoms with Gasteiger partial charge in [0.25, 0.3) is 11.8 Å². The summed E-state index contributed by atoms with van der Waals surface area (Å²) in [5.41, 5.74) is 1.11. The van der Waals surface area contributed by atoms with E-state index in [0.29, 0.717) is 0 Å². The first-order valence-corrected chi connectivity index (χ1v) is 6.21. The van der Waals surface area contributed by atoms with E-state index in [1.54, 1.807) is 0 Å². The molecule has 0 atom stereocenters. The van der Waals surface area contributed by atoms with Crippen LogP contribution in [0.4, 0.5) is 13.2 Å². The number of hydroxylamine groups is 1. The van der Waals surface area contributed by atoms with Gasteiger partial charge in [-0.25, -0.2) is 18.7 Å². The van der Waals surface area contributed by atoms with Crippen LogP contribution >= 0.6 is 0 Å². The fourth-order valence-electron chi connectivity index (χ4n) is 1.73. The lowest BCUT2D eigenvalue weighted by Gasteiger charge is -2.12. The molecule has 2 rings (SSSR count). The van der Waals surface area contributed by atoms with Gasteiger partial charge in [0.2, 0.25) is 0 Å². The van der Waals surface area contributed by atoms with Gasteiger partial charge in [-0.15, -0.1) is 0 Å². The van der Waals surface area contributed by atoms with Crippen molar-refractivity contribution in [1.82, 2.24) is 5.48 Å². The van der Waals surface area contributed by atoms with E-state index in [2.05, 4.69) is 0 Å². The zero-order chi connectivity index (χ0) is 16.3. The molecule has 2 N–H and O–H groups in total. The fraction of sp³-hybridized carbons (Fsp3) is 0.133. The highest BCUT2D eigenvalue weighted by Crippen LogP contribution is 2.30. The average Bonchev–Trinajstić information content (AvgIpc) is 2.48. The van der Waals surface area contributed by atoms with Gasteiger partial charge in [-0.2, -0.15) is 0 Å². The molecular formula is C15H12F3NO3. The number of halogens is 3. The molecule has 4 nitrogen and oxygen atoms in total. The highest BCUT2D eigenvalue weighted by atomic mass is 19.3. The minimum atomic E-state index is -2.97. The third-order valence-corrected chi connectivity index (χ3v) is 2.88. The van der Waals surface area contributed by atoms with E-state index < -0.39 is 17.6 Å². The summed E-state index contributed by atoms with van der Waals surface area (Å²) in [6.45, 7) is 0.771. The quantitative estimate of drug-likeness (QED) is 0.666. The van der Waals surface area contributed by atoms with Crippen molar-refractivity contribution < 1.29 is 27.9 Å². The first kappa shape index (κ1) is 15.8. The van der Waals surface area contributed by atoms with Gasteiger partial charge >= 0.3 is 0 Å². The summed E-state index contributed by atoms with van der Waals surface area (Å²) in [5.74, 6) is -4.66. The Morgan fingerprint density at radius 3 is 2.32 bits per heavy atom. The lowest BCUT2D eigenvalue weighted by atomic mass is 10.1. The Balaban J connectivity index is 2.19. The summed E-state index contributed by atoms with van der Waals surface area (Å²) in [6.07, 6.45) is 0. The van der Waals surface area contributed by atoms with Crippen LogP contribution in [-0.2, 0) is 5.92 Å². The van der Waals surface area contributed by atoms with Crippen LogP contribution in [0.3, 0.4) is 0 Å². The number of amides is 1. The Bertz CT molecular complexity index is 681. The maximum atomic E-state index is 13.8. The smallest absolute Gasteiger partial charge is 0.274 e. The summed E-state index contributed by atoms with van der Waals surface area (Å²) in [7, 11) is 0. The number of benzene rings is 2. The van der Waals surface area contributed by atoms with Crippen LogP contribution in [0, 0.1) is 5.82 Å². The van der Waals surface area contributed by atoms with Crippen molar-refractivity contribution in [1.29, 1.82) is 0 Å². The lowest BCUT2D eigenvalue weighted by Crippen LogP contribution is -2.18. The van der Waals surface area contributed by atoms with E-state index in [1.807, 2.05) is 0 Å². The van der Waals surface area contributed by atoms with Crippen LogP contribution in [0.15, 0.2) is 42.5 Å². The number of nitrogens with one attached hydrogen (secondary N) is 1. The third kappa shape index (κ3) is 3.56. The van der Waals surface area contributed by atoms with Crippen LogP contribution in [-0.4, -0.2) is 11.1 Å². The summed E-state index contributed by atoms with van der Waals surface area (Å²) < 4.78 is 45.2. The van der Waals surface area contributed by atoms with Gasteiger partial charge in [-0.1, -0.05) is 0 Å². The maximum absolute atomic E-state index is 13.8. The lowest BCUT2D eigenvalue weighted by molar-refractivity contribution is 0.0174. The van der Waals surface area contributed by atoms with Gasteiger partial charge in [0, 0.05) is 18.1 Å². The summed E-state index contributed by atoms with van der Waals surface area (Å²) >= 11 is 0. The Morgan fingerprint density at radius 2 is 1.82 bits per heavy atom. The minimum absolute atomic E-state index is 0.0895. The fourth-order valence-corrected chi connectivity index (χ4v) is 1.73. The van der Waals surface area contributed by atoms with E-state index in [1.165, 1.54) is 41.9 Å². The molecule has 0 aliphatic carbocycles. The number of rotatable bonds is 4. The Kier molecular flexibility index (Phi) is 4.37. The predicted molar refractivity (Wildman–Crippen MR) is 71.7 cm³/mol. The van der Waals surface area contributed by atoms with E-state index in [4.69, 9.17) is 9.94 Å². The van der Waals surface area contributed by atoms with Crippen LogP contribution in [0.25, 0.3) is 0 Å². The zero-order valence-electron chi connectivity index (χ0n) is 11.4. The second-order valence-corrected chi connectivity index (χ2v) is 4.60. The highest BCUT2D eigenvalue weighted by molar-refractivity contribution is 5.93. The molecular weight excluding hydrogens is 299 g/mol.